The molecule has 2 aliphatic heterocycles. The van der Waals surface area contributed by atoms with Gasteiger partial charge < -0.3 is 19.7 Å². The lowest BCUT2D eigenvalue weighted by Gasteiger charge is -2.33. The summed E-state index contributed by atoms with van der Waals surface area (Å²) in [6, 6.07) is 4.03. The van der Waals surface area contributed by atoms with E-state index in [1.807, 2.05) is 17.0 Å². The molecule has 0 radical (unpaired) electrons. The number of amides is 1. The first kappa shape index (κ1) is 17.9. The normalized spacial score (nSPS) is 20.3. The number of nitrogens with one attached hydrogen (secondary N) is 1. The molecule has 0 unspecified atom stereocenters. The van der Waals surface area contributed by atoms with E-state index in [-0.39, 0.29) is 24.4 Å². The van der Waals surface area contributed by atoms with Gasteiger partial charge in [0, 0.05) is 13.1 Å². The minimum Gasteiger partial charge on any atom is -0.493 e. The Labute approximate surface area is 143 Å². The van der Waals surface area contributed by atoms with Gasteiger partial charge in [-0.15, -0.1) is 12.4 Å². The van der Waals surface area contributed by atoms with Crippen LogP contribution in [0.4, 0.5) is 0 Å². The van der Waals surface area contributed by atoms with Gasteiger partial charge in [0.15, 0.2) is 11.5 Å². The third kappa shape index (κ3) is 3.72. The van der Waals surface area contributed by atoms with Gasteiger partial charge in [0.25, 0.3) is 0 Å². The SMILES string of the molecule is COc1cc2c(cc1OC)CN(C(=O)[C@@H]1CCCCN1)CC2.Cl. The van der Waals surface area contributed by atoms with Crippen molar-refractivity contribution >= 4 is 18.3 Å². The fourth-order valence-corrected chi connectivity index (χ4v) is 3.35. The van der Waals surface area contributed by atoms with Crippen LogP contribution in [0.5, 0.6) is 11.5 Å². The van der Waals surface area contributed by atoms with Crippen LogP contribution in [0.15, 0.2) is 12.1 Å². The highest BCUT2D eigenvalue weighted by atomic mass is 35.5. The molecule has 0 aromatic heterocycles. The van der Waals surface area contributed by atoms with Gasteiger partial charge >= 0.3 is 0 Å². The maximum atomic E-state index is 12.6. The summed E-state index contributed by atoms with van der Waals surface area (Å²) in [6.45, 7) is 2.39. The number of methoxy groups -OCH3 is 2. The van der Waals surface area contributed by atoms with E-state index in [4.69, 9.17) is 9.47 Å². The van der Waals surface area contributed by atoms with Crippen LogP contribution >= 0.6 is 12.4 Å². The third-order valence-electron chi connectivity index (χ3n) is 4.64. The van der Waals surface area contributed by atoms with Crippen LogP contribution in [-0.4, -0.2) is 44.2 Å². The molecule has 2 aliphatic rings. The molecular formula is C17H25ClN2O3. The van der Waals surface area contributed by atoms with E-state index in [0.29, 0.717) is 6.54 Å². The quantitative estimate of drug-likeness (QED) is 0.916. The number of rotatable bonds is 3. The number of carbonyl (C=O) groups excluding carboxylic acids is 1. The number of carbonyl (C=O) groups is 1. The van der Waals surface area contributed by atoms with Gasteiger partial charge in [0.2, 0.25) is 5.91 Å². The molecule has 1 amide bonds. The summed E-state index contributed by atoms with van der Waals surface area (Å²) >= 11 is 0. The van der Waals surface area contributed by atoms with Crippen molar-refractivity contribution in [2.24, 2.45) is 0 Å². The predicted molar refractivity (Wildman–Crippen MR) is 91.6 cm³/mol. The van der Waals surface area contributed by atoms with Crippen LogP contribution in [0.3, 0.4) is 0 Å². The maximum Gasteiger partial charge on any atom is 0.240 e. The molecule has 1 atom stereocenters. The van der Waals surface area contributed by atoms with E-state index in [1.165, 1.54) is 12.0 Å². The van der Waals surface area contributed by atoms with Crippen molar-refractivity contribution in [2.75, 3.05) is 27.3 Å². The maximum absolute atomic E-state index is 12.6. The predicted octanol–water partition coefficient (Wildman–Crippen LogP) is 2.15. The summed E-state index contributed by atoms with van der Waals surface area (Å²) in [7, 11) is 3.29. The van der Waals surface area contributed by atoms with Crippen molar-refractivity contribution in [3.05, 3.63) is 23.3 Å². The van der Waals surface area contributed by atoms with Crippen LogP contribution < -0.4 is 14.8 Å². The first-order chi connectivity index (χ1) is 10.7. The molecule has 0 saturated carbocycles. The molecule has 0 aliphatic carbocycles. The Morgan fingerprint density at radius 2 is 1.87 bits per heavy atom. The lowest BCUT2D eigenvalue weighted by atomic mass is 9.97. The Bertz CT molecular complexity index is 559. The van der Waals surface area contributed by atoms with Crippen LogP contribution in [0.1, 0.15) is 30.4 Å². The number of nitrogens with zero attached hydrogens (tertiary/aromatic N) is 1. The average molecular weight is 341 g/mol. The van der Waals surface area contributed by atoms with Crippen molar-refractivity contribution in [2.45, 2.75) is 38.3 Å². The summed E-state index contributed by atoms with van der Waals surface area (Å²) in [5, 5.41) is 3.35. The van der Waals surface area contributed by atoms with Crippen molar-refractivity contribution < 1.29 is 14.3 Å². The van der Waals surface area contributed by atoms with Gasteiger partial charge in [0.1, 0.15) is 0 Å². The fraction of sp³-hybridized carbons (Fsp3) is 0.588. The van der Waals surface area contributed by atoms with Crippen molar-refractivity contribution in [3.8, 4) is 11.5 Å². The molecule has 128 valence electrons. The molecule has 6 heteroatoms. The molecule has 1 saturated heterocycles. The van der Waals surface area contributed by atoms with E-state index < -0.39 is 0 Å². The number of halogens is 1. The Morgan fingerprint density at radius 3 is 2.48 bits per heavy atom. The van der Waals surface area contributed by atoms with Gasteiger partial charge in [-0.05, 0) is 49.1 Å². The zero-order chi connectivity index (χ0) is 15.5. The molecule has 3 rings (SSSR count). The Morgan fingerprint density at radius 1 is 1.17 bits per heavy atom. The number of hydrogen-bond donors (Lipinski definition) is 1. The smallest absolute Gasteiger partial charge is 0.240 e. The van der Waals surface area contributed by atoms with E-state index in [0.717, 1.165) is 49.4 Å². The van der Waals surface area contributed by atoms with Crippen LogP contribution in [0, 0.1) is 0 Å². The molecule has 0 spiro atoms. The summed E-state index contributed by atoms with van der Waals surface area (Å²) < 4.78 is 10.7. The van der Waals surface area contributed by atoms with E-state index in [9.17, 15) is 4.79 Å². The fourth-order valence-electron chi connectivity index (χ4n) is 3.35. The molecule has 0 bridgehead atoms. The lowest BCUT2D eigenvalue weighted by molar-refractivity contribution is -0.135. The Hall–Kier alpha value is -1.46. The Kier molecular flexibility index (Phi) is 6.13. The monoisotopic (exact) mass is 340 g/mol. The van der Waals surface area contributed by atoms with Crippen molar-refractivity contribution in [1.82, 2.24) is 10.2 Å². The zero-order valence-electron chi connectivity index (χ0n) is 13.8. The standard InChI is InChI=1S/C17H24N2O3.ClH/c1-21-15-9-12-6-8-19(11-13(12)10-16(15)22-2)17(20)14-5-3-4-7-18-14;/h9-10,14,18H,3-8,11H2,1-2H3;1H/t14-;/m0./s1. The molecular weight excluding hydrogens is 316 g/mol. The molecule has 1 aromatic rings. The second kappa shape index (κ2) is 7.88. The molecule has 1 fully saturated rings. The summed E-state index contributed by atoms with van der Waals surface area (Å²) in [5.74, 6) is 1.72. The zero-order valence-corrected chi connectivity index (χ0v) is 14.6. The molecule has 1 aromatic carbocycles. The second-order valence-corrected chi connectivity index (χ2v) is 5.99. The van der Waals surface area contributed by atoms with E-state index in [2.05, 4.69) is 5.32 Å². The number of ether oxygens (including phenoxy) is 2. The minimum atomic E-state index is -0.00422. The van der Waals surface area contributed by atoms with Crippen molar-refractivity contribution in [3.63, 3.8) is 0 Å². The van der Waals surface area contributed by atoms with E-state index in [1.54, 1.807) is 14.2 Å². The molecule has 23 heavy (non-hydrogen) atoms. The van der Waals surface area contributed by atoms with Gasteiger partial charge in [-0.3, -0.25) is 4.79 Å². The number of fused-ring (bicyclic) bond motifs is 1. The molecule has 1 N–H and O–H groups in total. The minimum absolute atomic E-state index is 0. The molecule has 2 heterocycles. The second-order valence-electron chi connectivity index (χ2n) is 5.99. The number of benzene rings is 1. The van der Waals surface area contributed by atoms with Gasteiger partial charge in [-0.2, -0.15) is 0 Å². The first-order valence-electron chi connectivity index (χ1n) is 7.99. The van der Waals surface area contributed by atoms with Crippen LogP contribution in [-0.2, 0) is 17.8 Å². The summed E-state index contributed by atoms with van der Waals surface area (Å²) in [5.41, 5.74) is 2.41. The van der Waals surface area contributed by atoms with Crippen LogP contribution in [0.2, 0.25) is 0 Å². The van der Waals surface area contributed by atoms with Crippen molar-refractivity contribution in [1.29, 1.82) is 0 Å². The van der Waals surface area contributed by atoms with E-state index >= 15 is 0 Å². The Balaban J connectivity index is 0.00000192. The largest absolute Gasteiger partial charge is 0.493 e. The number of hydrogen-bond acceptors (Lipinski definition) is 4. The van der Waals surface area contributed by atoms with Crippen LogP contribution in [0.25, 0.3) is 0 Å². The van der Waals surface area contributed by atoms with Gasteiger partial charge in [0.05, 0.1) is 20.3 Å². The van der Waals surface area contributed by atoms with Gasteiger partial charge in [-0.1, -0.05) is 6.42 Å². The number of piperidine rings is 1. The molecule has 5 nitrogen and oxygen atoms in total. The highest BCUT2D eigenvalue weighted by Gasteiger charge is 2.28. The topological polar surface area (TPSA) is 50.8 Å². The lowest BCUT2D eigenvalue weighted by Crippen LogP contribution is -2.49. The summed E-state index contributed by atoms with van der Waals surface area (Å²) in [6.07, 6.45) is 4.13. The third-order valence-corrected chi connectivity index (χ3v) is 4.64. The first-order valence-corrected chi connectivity index (χ1v) is 7.99. The van der Waals surface area contributed by atoms with Gasteiger partial charge in [-0.25, -0.2) is 0 Å². The highest BCUT2D eigenvalue weighted by molar-refractivity contribution is 5.85. The average Bonchev–Trinajstić information content (AvgIpc) is 2.60. The highest BCUT2D eigenvalue weighted by Crippen LogP contribution is 2.33. The summed E-state index contributed by atoms with van der Waals surface area (Å²) in [4.78, 5) is 14.6.